The first-order valence-corrected chi connectivity index (χ1v) is 10.3. The third kappa shape index (κ3) is 4.17. The molecule has 1 saturated heterocycles. The van der Waals surface area contributed by atoms with Gasteiger partial charge < -0.3 is 14.5 Å². The standard InChI is InChI=1S/C19H20Cl2FN7O2/c1-11-18(21)19(14-9-23-26-24-14)25-29(11)10-17(30)28-5-3-27(4-6-28)15-8-16(31-2)12(20)7-13(15)22/h7-9H,3-6,10H2,1-2H3,(H,23,24,26). The van der Waals surface area contributed by atoms with Gasteiger partial charge in [0.2, 0.25) is 5.91 Å². The van der Waals surface area contributed by atoms with E-state index in [-0.39, 0.29) is 17.5 Å². The SMILES string of the molecule is COc1cc(N2CCN(C(=O)Cn3nc(-c4c[nH]nn4)c(Cl)c3C)CC2)c(F)cc1Cl. The lowest BCUT2D eigenvalue weighted by molar-refractivity contribution is -0.132. The van der Waals surface area contributed by atoms with Gasteiger partial charge in [0.1, 0.15) is 29.5 Å². The number of ether oxygens (including phenoxy) is 1. The van der Waals surface area contributed by atoms with Gasteiger partial charge >= 0.3 is 0 Å². The van der Waals surface area contributed by atoms with Crippen molar-refractivity contribution in [3.63, 3.8) is 0 Å². The van der Waals surface area contributed by atoms with Crippen LogP contribution >= 0.6 is 23.2 Å². The third-order valence-corrected chi connectivity index (χ3v) is 6.02. The van der Waals surface area contributed by atoms with Crippen LogP contribution in [0.25, 0.3) is 11.4 Å². The molecule has 0 aliphatic carbocycles. The van der Waals surface area contributed by atoms with Crippen LogP contribution in [0.2, 0.25) is 10.0 Å². The highest BCUT2D eigenvalue weighted by molar-refractivity contribution is 6.33. The van der Waals surface area contributed by atoms with Gasteiger partial charge in [0.15, 0.2) is 0 Å². The molecule has 0 saturated carbocycles. The quantitative estimate of drug-likeness (QED) is 0.620. The molecule has 3 aromatic rings. The average Bonchev–Trinajstić information content (AvgIpc) is 3.38. The maximum atomic E-state index is 14.4. The number of carbonyl (C=O) groups is 1. The molecule has 4 rings (SSSR count). The van der Waals surface area contributed by atoms with Gasteiger partial charge in [-0.05, 0) is 13.0 Å². The molecule has 1 aliphatic heterocycles. The highest BCUT2D eigenvalue weighted by atomic mass is 35.5. The number of piperazine rings is 1. The highest BCUT2D eigenvalue weighted by Gasteiger charge is 2.25. The number of nitrogens with one attached hydrogen (secondary N) is 1. The number of nitrogens with zero attached hydrogens (tertiary/aromatic N) is 6. The second-order valence-electron chi connectivity index (χ2n) is 7.07. The van der Waals surface area contributed by atoms with Crippen LogP contribution < -0.4 is 9.64 Å². The number of halogens is 3. The Hall–Kier alpha value is -2.85. The molecule has 1 amide bonds. The van der Waals surface area contributed by atoms with Crippen molar-refractivity contribution in [1.29, 1.82) is 0 Å². The number of carbonyl (C=O) groups excluding carboxylic acids is 1. The van der Waals surface area contributed by atoms with Gasteiger partial charge in [0.25, 0.3) is 0 Å². The van der Waals surface area contributed by atoms with Gasteiger partial charge in [-0.3, -0.25) is 14.6 Å². The number of hydrogen-bond donors (Lipinski definition) is 1. The van der Waals surface area contributed by atoms with Crippen molar-refractivity contribution >= 4 is 34.8 Å². The number of hydrogen-bond acceptors (Lipinski definition) is 6. The minimum atomic E-state index is -0.423. The average molecular weight is 468 g/mol. The second-order valence-corrected chi connectivity index (χ2v) is 7.86. The monoisotopic (exact) mass is 467 g/mol. The summed E-state index contributed by atoms with van der Waals surface area (Å²) in [7, 11) is 1.48. The van der Waals surface area contributed by atoms with Crippen LogP contribution in [-0.2, 0) is 11.3 Å². The summed E-state index contributed by atoms with van der Waals surface area (Å²) < 4.78 is 21.1. The van der Waals surface area contributed by atoms with Crippen LogP contribution in [0.3, 0.4) is 0 Å². The van der Waals surface area contributed by atoms with Crippen molar-refractivity contribution in [1.82, 2.24) is 30.1 Å². The van der Waals surface area contributed by atoms with E-state index in [1.54, 1.807) is 28.8 Å². The normalized spacial score (nSPS) is 14.2. The van der Waals surface area contributed by atoms with Crippen molar-refractivity contribution in [2.24, 2.45) is 0 Å². The van der Waals surface area contributed by atoms with E-state index < -0.39 is 5.82 Å². The van der Waals surface area contributed by atoms with Gasteiger partial charge in [-0.15, -0.1) is 5.10 Å². The van der Waals surface area contributed by atoms with E-state index in [1.807, 2.05) is 4.90 Å². The van der Waals surface area contributed by atoms with Crippen LogP contribution in [0.1, 0.15) is 5.69 Å². The summed E-state index contributed by atoms with van der Waals surface area (Å²) >= 11 is 12.3. The minimum Gasteiger partial charge on any atom is -0.495 e. The number of aromatic amines is 1. The van der Waals surface area contributed by atoms with Crippen molar-refractivity contribution in [2.75, 3.05) is 38.2 Å². The number of rotatable bonds is 5. The summed E-state index contributed by atoms with van der Waals surface area (Å²) in [4.78, 5) is 16.4. The molecule has 0 atom stereocenters. The lowest BCUT2D eigenvalue weighted by Gasteiger charge is -2.36. The molecule has 0 unspecified atom stereocenters. The third-order valence-electron chi connectivity index (χ3n) is 5.27. The first kappa shape index (κ1) is 21.4. The summed E-state index contributed by atoms with van der Waals surface area (Å²) in [5.74, 6) is -0.110. The van der Waals surface area contributed by atoms with Crippen molar-refractivity contribution < 1.29 is 13.9 Å². The topological polar surface area (TPSA) is 92.2 Å². The van der Waals surface area contributed by atoms with Gasteiger partial charge in [-0.25, -0.2) is 4.39 Å². The molecule has 164 valence electrons. The van der Waals surface area contributed by atoms with E-state index >= 15 is 0 Å². The summed E-state index contributed by atoms with van der Waals surface area (Å²) in [6.45, 7) is 3.71. The molecule has 31 heavy (non-hydrogen) atoms. The molecule has 9 nitrogen and oxygen atoms in total. The number of anilines is 1. The second kappa shape index (κ2) is 8.72. The van der Waals surface area contributed by atoms with Crippen molar-refractivity contribution in [3.8, 4) is 17.1 Å². The predicted molar refractivity (Wildman–Crippen MR) is 114 cm³/mol. The van der Waals surface area contributed by atoms with Gasteiger partial charge in [-0.1, -0.05) is 28.4 Å². The number of methoxy groups -OCH3 is 1. The zero-order valence-corrected chi connectivity index (χ0v) is 18.4. The van der Waals surface area contributed by atoms with Crippen LogP contribution in [0.15, 0.2) is 18.3 Å². The smallest absolute Gasteiger partial charge is 0.244 e. The van der Waals surface area contributed by atoms with E-state index in [9.17, 15) is 9.18 Å². The minimum absolute atomic E-state index is 0.0481. The van der Waals surface area contributed by atoms with Crippen molar-refractivity contribution in [2.45, 2.75) is 13.5 Å². The summed E-state index contributed by atoms with van der Waals surface area (Å²) in [5, 5.41) is 15.3. The molecular weight excluding hydrogens is 448 g/mol. The van der Waals surface area contributed by atoms with Crippen LogP contribution in [-0.4, -0.2) is 69.3 Å². The Balaban J connectivity index is 1.42. The fourth-order valence-corrected chi connectivity index (χ4v) is 3.96. The molecule has 1 N–H and O–H groups in total. The lowest BCUT2D eigenvalue weighted by atomic mass is 10.2. The number of aromatic nitrogens is 5. The predicted octanol–water partition coefficient (Wildman–Crippen LogP) is 2.78. The Bertz CT molecular complexity index is 1100. The molecule has 2 aromatic heterocycles. The molecule has 0 spiro atoms. The fraction of sp³-hybridized carbons (Fsp3) is 0.368. The summed E-state index contributed by atoms with van der Waals surface area (Å²) in [5.41, 5.74) is 2.05. The molecule has 0 radical (unpaired) electrons. The van der Waals surface area contributed by atoms with Crippen molar-refractivity contribution in [3.05, 3.63) is 39.9 Å². The Morgan fingerprint density at radius 3 is 2.65 bits per heavy atom. The lowest BCUT2D eigenvalue weighted by Crippen LogP contribution is -2.50. The number of benzene rings is 1. The van der Waals surface area contributed by atoms with Crippen LogP contribution in [0.4, 0.5) is 10.1 Å². The fourth-order valence-electron chi connectivity index (χ4n) is 3.50. The molecule has 0 bridgehead atoms. The largest absolute Gasteiger partial charge is 0.495 e. The van der Waals surface area contributed by atoms with Crippen LogP contribution in [0.5, 0.6) is 5.75 Å². The highest BCUT2D eigenvalue weighted by Crippen LogP contribution is 2.33. The van der Waals surface area contributed by atoms with Gasteiger partial charge in [0, 0.05) is 32.2 Å². The first-order valence-electron chi connectivity index (χ1n) is 9.54. The Morgan fingerprint density at radius 2 is 2.00 bits per heavy atom. The maximum Gasteiger partial charge on any atom is 0.244 e. The van der Waals surface area contributed by atoms with E-state index in [0.29, 0.717) is 59.7 Å². The van der Waals surface area contributed by atoms with E-state index in [2.05, 4.69) is 20.5 Å². The molecule has 1 fully saturated rings. The number of amides is 1. The molecule has 1 aromatic carbocycles. The Labute approximate surface area is 187 Å². The van der Waals surface area contributed by atoms with Gasteiger partial charge in [-0.2, -0.15) is 5.10 Å². The van der Waals surface area contributed by atoms with Gasteiger partial charge in [0.05, 0.1) is 34.7 Å². The summed E-state index contributed by atoms with van der Waals surface area (Å²) in [6, 6.07) is 2.82. The van der Waals surface area contributed by atoms with E-state index in [4.69, 9.17) is 27.9 Å². The Kier molecular flexibility index (Phi) is 6.01. The molecule has 12 heteroatoms. The molecule has 3 heterocycles. The molecule has 1 aliphatic rings. The van der Waals surface area contributed by atoms with E-state index in [1.165, 1.54) is 13.2 Å². The Morgan fingerprint density at radius 1 is 1.26 bits per heavy atom. The zero-order valence-electron chi connectivity index (χ0n) is 16.9. The first-order chi connectivity index (χ1) is 14.9. The van der Waals surface area contributed by atoms with E-state index in [0.717, 1.165) is 0 Å². The van der Waals surface area contributed by atoms with Crippen LogP contribution in [0, 0.1) is 12.7 Å². The zero-order chi connectivity index (χ0) is 22.1. The molecular formula is C19H20Cl2FN7O2. The summed E-state index contributed by atoms with van der Waals surface area (Å²) in [6.07, 6.45) is 1.59. The maximum absolute atomic E-state index is 14.4. The number of H-pyrrole nitrogens is 1.